The predicted octanol–water partition coefficient (Wildman–Crippen LogP) is -1.62. The summed E-state index contributed by atoms with van der Waals surface area (Å²) in [5.41, 5.74) is -1.22. The number of carbonyl (C=O) groups excluding carboxylic acids is 1. The Balaban J connectivity index is 1.95. The molecule has 0 saturated carbocycles. The van der Waals surface area contributed by atoms with E-state index >= 15 is 0 Å². The maximum atomic E-state index is 12.0. The van der Waals surface area contributed by atoms with Crippen molar-refractivity contribution >= 4 is 5.78 Å². The molecule has 0 radical (unpaired) electrons. The van der Waals surface area contributed by atoms with Crippen LogP contribution in [0.25, 0.3) is 0 Å². The highest BCUT2D eigenvalue weighted by atomic mass is 16.7. The van der Waals surface area contributed by atoms with Gasteiger partial charge in [-0.2, -0.15) is 0 Å². The summed E-state index contributed by atoms with van der Waals surface area (Å²) in [6, 6.07) is 1.15. The van der Waals surface area contributed by atoms with Crippen molar-refractivity contribution in [3.63, 3.8) is 0 Å². The van der Waals surface area contributed by atoms with E-state index in [-0.39, 0.29) is 19.2 Å². The van der Waals surface area contributed by atoms with Crippen LogP contribution in [0.3, 0.4) is 0 Å². The summed E-state index contributed by atoms with van der Waals surface area (Å²) >= 11 is 0. The molecular weight excluding hydrogens is 244 g/mol. The van der Waals surface area contributed by atoms with E-state index in [1.54, 1.807) is 0 Å². The average Bonchev–Trinajstić information content (AvgIpc) is 2.68. The van der Waals surface area contributed by atoms with Gasteiger partial charge in [-0.05, 0) is 0 Å². The molecule has 8 nitrogen and oxygen atoms in total. The highest BCUT2D eigenvalue weighted by molar-refractivity contribution is 5.88. The van der Waals surface area contributed by atoms with Crippen LogP contribution < -0.4 is 11.2 Å². The molecule has 2 saturated heterocycles. The fourth-order valence-electron chi connectivity index (χ4n) is 2.04. The molecule has 3 atom stereocenters. The summed E-state index contributed by atoms with van der Waals surface area (Å²) in [5.74, 6) is -0.350. The third-order valence-corrected chi connectivity index (χ3v) is 2.88. The molecular formula is C10H10N2O6. The molecule has 0 amide bonds. The maximum Gasteiger partial charge on any atom is 0.330 e. The van der Waals surface area contributed by atoms with Crippen LogP contribution in [-0.2, 0) is 19.0 Å². The third kappa shape index (κ3) is 1.70. The Bertz CT molecular complexity index is 591. The van der Waals surface area contributed by atoms with Gasteiger partial charge in [0.1, 0.15) is 12.9 Å². The van der Waals surface area contributed by atoms with Crippen molar-refractivity contribution in [2.45, 2.75) is 18.4 Å². The molecule has 0 bridgehead atoms. The molecule has 2 aliphatic rings. The predicted molar refractivity (Wildman–Crippen MR) is 55.9 cm³/mol. The summed E-state index contributed by atoms with van der Waals surface area (Å²) in [7, 11) is 0. The number of ketones is 1. The standard InChI is InChI=1S/C10H10N2O6/c13-6-1-2-12(10(15)11-6)9-7(14)8-5(18-9)3-16-4-17-8/h1-2,5,8-9H,3-4H2,(H,11,13,15). The molecule has 3 unspecified atom stereocenters. The van der Waals surface area contributed by atoms with Gasteiger partial charge in [0.05, 0.1) is 6.61 Å². The van der Waals surface area contributed by atoms with Gasteiger partial charge in [-0.3, -0.25) is 19.1 Å². The maximum absolute atomic E-state index is 12.0. The SMILES string of the molecule is O=C1C2OCOCC2OC1n1ccc(=O)[nH]c1=O. The topological polar surface area (TPSA) is 99.6 Å². The lowest BCUT2D eigenvalue weighted by molar-refractivity contribution is -0.183. The zero-order valence-corrected chi connectivity index (χ0v) is 9.20. The Kier molecular flexibility index (Phi) is 2.62. The highest BCUT2D eigenvalue weighted by Crippen LogP contribution is 2.28. The van der Waals surface area contributed by atoms with Gasteiger partial charge in [0, 0.05) is 12.3 Å². The number of H-pyrrole nitrogens is 1. The highest BCUT2D eigenvalue weighted by Gasteiger charge is 2.47. The van der Waals surface area contributed by atoms with Gasteiger partial charge in [-0.15, -0.1) is 0 Å². The molecule has 0 aromatic carbocycles. The van der Waals surface area contributed by atoms with Crippen LogP contribution in [-0.4, -0.2) is 40.9 Å². The number of nitrogens with zero attached hydrogens (tertiary/aromatic N) is 1. The fraction of sp³-hybridized carbons (Fsp3) is 0.500. The normalized spacial score (nSPS) is 31.3. The van der Waals surface area contributed by atoms with E-state index in [1.807, 2.05) is 0 Å². The molecule has 0 aliphatic carbocycles. The van der Waals surface area contributed by atoms with Crippen LogP contribution in [0.1, 0.15) is 6.23 Å². The number of rotatable bonds is 1. The van der Waals surface area contributed by atoms with E-state index in [1.165, 1.54) is 6.20 Å². The number of aromatic nitrogens is 2. The van der Waals surface area contributed by atoms with Crippen molar-refractivity contribution in [2.75, 3.05) is 13.4 Å². The first-order valence-corrected chi connectivity index (χ1v) is 5.37. The van der Waals surface area contributed by atoms with Crippen LogP contribution in [0.2, 0.25) is 0 Å². The zero-order valence-electron chi connectivity index (χ0n) is 9.20. The molecule has 3 rings (SSSR count). The second-order valence-electron chi connectivity index (χ2n) is 4.02. The Morgan fingerprint density at radius 1 is 1.33 bits per heavy atom. The smallest absolute Gasteiger partial charge is 0.330 e. The first-order valence-electron chi connectivity index (χ1n) is 5.37. The molecule has 2 fully saturated rings. The van der Waals surface area contributed by atoms with Crippen molar-refractivity contribution in [1.82, 2.24) is 9.55 Å². The van der Waals surface area contributed by atoms with E-state index in [9.17, 15) is 14.4 Å². The summed E-state index contributed by atoms with van der Waals surface area (Å²) in [5, 5.41) is 0. The number of fused-ring (bicyclic) bond motifs is 1. The van der Waals surface area contributed by atoms with Gasteiger partial charge in [0.25, 0.3) is 5.56 Å². The number of aromatic amines is 1. The van der Waals surface area contributed by atoms with Crippen LogP contribution >= 0.6 is 0 Å². The van der Waals surface area contributed by atoms with Gasteiger partial charge in [0.15, 0.2) is 6.10 Å². The fourth-order valence-corrected chi connectivity index (χ4v) is 2.04. The summed E-state index contributed by atoms with van der Waals surface area (Å²) < 4.78 is 16.6. The third-order valence-electron chi connectivity index (χ3n) is 2.88. The van der Waals surface area contributed by atoms with Gasteiger partial charge < -0.3 is 14.2 Å². The van der Waals surface area contributed by atoms with Crippen LogP contribution in [0.15, 0.2) is 21.9 Å². The molecule has 1 aromatic rings. The monoisotopic (exact) mass is 254 g/mol. The molecule has 0 spiro atoms. The second kappa shape index (κ2) is 4.16. The van der Waals surface area contributed by atoms with E-state index < -0.39 is 29.7 Å². The number of Topliss-reactive ketones (excluding diaryl/α,β-unsaturated/α-hetero) is 1. The summed E-state index contributed by atoms with van der Waals surface area (Å²) in [4.78, 5) is 36.6. The van der Waals surface area contributed by atoms with Crippen LogP contribution in [0.5, 0.6) is 0 Å². The minimum absolute atomic E-state index is 0.0313. The quantitative estimate of drug-likeness (QED) is 0.646. The van der Waals surface area contributed by atoms with E-state index in [0.717, 1.165) is 10.6 Å². The average molecular weight is 254 g/mol. The largest absolute Gasteiger partial charge is 0.353 e. The van der Waals surface area contributed by atoms with Crippen molar-refractivity contribution in [3.8, 4) is 0 Å². The molecule has 18 heavy (non-hydrogen) atoms. The molecule has 96 valence electrons. The Labute approximate surface area is 100 Å². The van der Waals surface area contributed by atoms with Gasteiger partial charge in [-0.1, -0.05) is 0 Å². The zero-order chi connectivity index (χ0) is 12.7. The van der Waals surface area contributed by atoms with Crippen molar-refractivity contribution in [2.24, 2.45) is 0 Å². The van der Waals surface area contributed by atoms with Crippen molar-refractivity contribution in [3.05, 3.63) is 33.1 Å². The minimum atomic E-state index is -1.08. The summed E-state index contributed by atoms with van der Waals surface area (Å²) in [6.07, 6.45) is -1.09. The van der Waals surface area contributed by atoms with E-state index in [2.05, 4.69) is 4.98 Å². The number of hydrogen-bond donors (Lipinski definition) is 1. The van der Waals surface area contributed by atoms with Gasteiger partial charge in [0.2, 0.25) is 12.0 Å². The minimum Gasteiger partial charge on any atom is -0.353 e. The number of nitrogens with one attached hydrogen (secondary N) is 1. The molecule has 1 N–H and O–H groups in total. The van der Waals surface area contributed by atoms with Crippen molar-refractivity contribution in [1.29, 1.82) is 0 Å². The number of ether oxygens (including phenoxy) is 3. The lowest BCUT2D eigenvalue weighted by Gasteiger charge is -2.22. The lowest BCUT2D eigenvalue weighted by atomic mass is 10.1. The lowest BCUT2D eigenvalue weighted by Crippen LogP contribution is -2.39. The Morgan fingerprint density at radius 3 is 2.89 bits per heavy atom. The van der Waals surface area contributed by atoms with E-state index in [0.29, 0.717) is 0 Å². The second-order valence-corrected chi connectivity index (χ2v) is 4.02. The summed E-state index contributed by atoms with van der Waals surface area (Å²) in [6.45, 7) is 0.272. The Hall–Kier alpha value is -1.77. The first kappa shape index (κ1) is 11.3. The molecule has 1 aromatic heterocycles. The molecule has 3 heterocycles. The van der Waals surface area contributed by atoms with Crippen molar-refractivity contribution < 1.29 is 19.0 Å². The van der Waals surface area contributed by atoms with Gasteiger partial charge in [-0.25, -0.2) is 4.79 Å². The van der Waals surface area contributed by atoms with Crippen LogP contribution in [0.4, 0.5) is 0 Å². The van der Waals surface area contributed by atoms with Gasteiger partial charge >= 0.3 is 5.69 Å². The number of carbonyl (C=O) groups is 1. The van der Waals surface area contributed by atoms with E-state index in [4.69, 9.17) is 14.2 Å². The molecule has 2 aliphatic heterocycles. The number of hydrogen-bond acceptors (Lipinski definition) is 6. The van der Waals surface area contributed by atoms with Crippen LogP contribution in [0, 0.1) is 0 Å². The first-order chi connectivity index (χ1) is 8.66. The molecule has 8 heteroatoms. The Morgan fingerprint density at radius 2 is 2.17 bits per heavy atom.